The lowest BCUT2D eigenvalue weighted by atomic mass is 9.97. The second kappa shape index (κ2) is 6.57. The van der Waals surface area contributed by atoms with Gasteiger partial charge in [0.1, 0.15) is 0 Å². The molecular weight excluding hydrogens is 373 g/mol. The molecule has 21 heavy (non-hydrogen) atoms. The molecule has 0 amide bonds. The van der Waals surface area contributed by atoms with Gasteiger partial charge in [-0.2, -0.15) is 0 Å². The molecule has 1 atom stereocenters. The van der Waals surface area contributed by atoms with Crippen molar-refractivity contribution in [2.75, 3.05) is 18.5 Å². The first-order chi connectivity index (χ1) is 10.2. The molecule has 0 radical (unpaired) electrons. The number of halogens is 3. The third kappa shape index (κ3) is 3.21. The fraction of sp³-hybridized carbons (Fsp3) is 0.250. The molecule has 2 aromatic rings. The molecule has 5 heteroatoms. The van der Waals surface area contributed by atoms with Crippen molar-refractivity contribution < 1.29 is 4.74 Å². The lowest BCUT2D eigenvalue weighted by Crippen LogP contribution is -2.22. The normalized spacial score (nSPS) is 17.4. The molecule has 0 saturated heterocycles. The molecule has 2 nitrogen and oxygen atoms in total. The number of ether oxygens (including phenoxy) is 1. The number of hydrogen-bond donors (Lipinski definition) is 1. The van der Waals surface area contributed by atoms with E-state index in [0.29, 0.717) is 16.6 Å². The molecule has 0 aliphatic carbocycles. The minimum absolute atomic E-state index is 0.0356. The van der Waals surface area contributed by atoms with Crippen LogP contribution in [0, 0.1) is 0 Å². The SMILES string of the molecule is Clc1c(Br)ccc(NCC2OCCc3ccccc32)c1Cl. The van der Waals surface area contributed by atoms with Gasteiger partial charge in [0.2, 0.25) is 0 Å². The van der Waals surface area contributed by atoms with E-state index < -0.39 is 0 Å². The predicted octanol–water partition coefficient (Wildman–Crippen LogP) is 5.48. The van der Waals surface area contributed by atoms with Crippen molar-refractivity contribution in [3.05, 3.63) is 62.0 Å². The molecule has 1 aliphatic heterocycles. The van der Waals surface area contributed by atoms with Crippen LogP contribution in [0.5, 0.6) is 0 Å². The fourth-order valence-electron chi connectivity index (χ4n) is 2.51. The van der Waals surface area contributed by atoms with E-state index in [1.165, 1.54) is 11.1 Å². The lowest BCUT2D eigenvalue weighted by Gasteiger charge is -2.26. The summed E-state index contributed by atoms with van der Waals surface area (Å²) >= 11 is 15.7. The first kappa shape index (κ1) is 15.2. The molecule has 110 valence electrons. The van der Waals surface area contributed by atoms with Crippen molar-refractivity contribution in [1.82, 2.24) is 0 Å². The Morgan fingerprint density at radius 2 is 1.95 bits per heavy atom. The molecule has 1 unspecified atom stereocenters. The summed E-state index contributed by atoms with van der Waals surface area (Å²) in [5.74, 6) is 0. The largest absolute Gasteiger partial charge is 0.381 e. The van der Waals surface area contributed by atoms with Gasteiger partial charge < -0.3 is 10.1 Å². The zero-order chi connectivity index (χ0) is 14.8. The molecule has 2 aromatic carbocycles. The Labute approximate surface area is 142 Å². The average Bonchev–Trinajstić information content (AvgIpc) is 2.52. The van der Waals surface area contributed by atoms with Gasteiger partial charge in [0.25, 0.3) is 0 Å². The van der Waals surface area contributed by atoms with Gasteiger partial charge in [-0.15, -0.1) is 0 Å². The second-order valence-electron chi connectivity index (χ2n) is 4.91. The Morgan fingerprint density at radius 1 is 1.14 bits per heavy atom. The van der Waals surface area contributed by atoms with Crippen LogP contribution in [0.1, 0.15) is 17.2 Å². The van der Waals surface area contributed by atoms with Crippen molar-refractivity contribution in [3.63, 3.8) is 0 Å². The molecule has 1 aliphatic rings. The van der Waals surface area contributed by atoms with E-state index in [2.05, 4.69) is 39.4 Å². The molecular formula is C16H14BrCl2NO. The summed E-state index contributed by atoms with van der Waals surface area (Å²) in [6, 6.07) is 12.2. The number of benzene rings is 2. The maximum Gasteiger partial charge on any atom is 0.0999 e. The number of nitrogens with one attached hydrogen (secondary N) is 1. The zero-order valence-corrected chi connectivity index (χ0v) is 14.3. The monoisotopic (exact) mass is 385 g/mol. The highest BCUT2D eigenvalue weighted by Crippen LogP contribution is 2.36. The number of anilines is 1. The van der Waals surface area contributed by atoms with Crippen molar-refractivity contribution in [1.29, 1.82) is 0 Å². The van der Waals surface area contributed by atoms with Crippen molar-refractivity contribution in [2.24, 2.45) is 0 Å². The van der Waals surface area contributed by atoms with Crippen LogP contribution in [0.25, 0.3) is 0 Å². The van der Waals surface area contributed by atoms with E-state index in [-0.39, 0.29) is 6.10 Å². The zero-order valence-electron chi connectivity index (χ0n) is 11.2. The second-order valence-corrected chi connectivity index (χ2v) is 6.52. The highest BCUT2D eigenvalue weighted by Gasteiger charge is 2.20. The van der Waals surface area contributed by atoms with Gasteiger partial charge in [0.05, 0.1) is 28.4 Å². The van der Waals surface area contributed by atoms with Gasteiger partial charge >= 0.3 is 0 Å². The van der Waals surface area contributed by atoms with Gasteiger partial charge in [0, 0.05) is 11.0 Å². The Balaban J connectivity index is 1.76. The quantitative estimate of drug-likeness (QED) is 0.705. The summed E-state index contributed by atoms with van der Waals surface area (Å²) in [6.07, 6.45) is 1.01. The Kier molecular flexibility index (Phi) is 4.75. The molecule has 1 N–H and O–H groups in total. The Bertz CT molecular complexity index is 663. The lowest BCUT2D eigenvalue weighted by molar-refractivity contribution is 0.0513. The van der Waals surface area contributed by atoms with Crippen molar-refractivity contribution in [2.45, 2.75) is 12.5 Å². The first-order valence-electron chi connectivity index (χ1n) is 6.73. The first-order valence-corrected chi connectivity index (χ1v) is 8.28. The summed E-state index contributed by atoms with van der Waals surface area (Å²) in [4.78, 5) is 0. The Morgan fingerprint density at radius 3 is 2.81 bits per heavy atom. The summed E-state index contributed by atoms with van der Waals surface area (Å²) in [6.45, 7) is 1.41. The molecule has 1 heterocycles. The summed E-state index contributed by atoms with van der Waals surface area (Å²) in [5.41, 5.74) is 3.42. The third-order valence-electron chi connectivity index (χ3n) is 3.61. The van der Waals surface area contributed by atoms with E-state index in [0.717, 1.165) is 23.2 Å². The van der Waals surface area contributed by atoms with Crippen LogP contribution in [0.3, 0.4) is 0 Å². The van der Waals surface area contributed by atoms with Crippen LogP contribution in [0.2, 0.25) is 10.0 Å². The maximum atomic E-state index is 6.25. The number of rotatable bonds is 3. The maximum absolute atomic E-state index is 6.25. The van der Waals surface area contributed by atoms with E-state index in [4.69, 9.17) is 27.9 Å². The van der Waals surface area contributed by atoms with Gasteiger partial charge in [-0.3, -0.25) is 0 Å². The molecule has 0 bridgehead atoms. The van der Waals surface area contributed by atoms with Gasteiger partial charge in [-0.25, -0.2) is 0 Å². The average molecular weight is 387 g/mol. The minimum atomic E-state index is 0.0356. The van der Waals surface area contributed by atoms with Crippen molar-refractivity contribution >= 4 is 44.8 Å². The summed E-state index contributed by atoms with van der Waals surface area (Å²) in [5, 5.41) is 4.37. The smallest absolute Gasteiger partial charge is 0.0999 e. The number of hydrogen-bond acceptors (Lipinski definition) is 2. The highest BCUT2D eigenvalue weighted by molar-refractivity contribution is 9.10. The van der Waals surface area contributed by atoms with E-state index in [9.17, 15) is 0 Å². The third-order valence-corrected chi connectivity index (χ3v) is 5.38. The van der Waals surface area contributed by atoms with Crippen LogP contribution in [0.15, 0.2) is 40.9 Å². The summed E-state index contributed by atoms with van der Waals surface area (Å²) < 4.78 is 6.66. The van der Waals surface area contributed by atoms with E-state index >= 15 is 0 Å². The molecule has 0 aromatic heterocycles. The van der Waals surface area contributed by atoms with Crippen LogP contribution in [0.4, 0.5) is 5.69 Å². The molecule has 3 rings (SSSR count). The topological polar surface area (TPSA) is 21.3 Å². The number of fused-ring (bicyclic) bond motifs is 1. The van der Waals surface area contributed by atoms with Crippen LogP contribution in [-0.2, 0) is 11.2 Å². The summed E-state index contributed by atoms with van der Waals surface area (Å²) in [7, 11) is 0. The van der Waals surface area contributed by atoms with E-state index in [1.807, 2.05) is 18.2 Å². The molecule has 0 saturated carbocycles. The van der Waals surface area contributed by atoms with Crippen LogP contribution < -0.4 is 5.32 Å². The van der Waals surface area contributed by atoms with Crippen LogP contribution >= 0.6 is 39.1 Å². The van der Waals surface area contributed by atoms with Crippen LogP contribution in [-0.4, -0.2) is 13.2 Å². The molecule has 0 fully saturated rings. The van der Waals surface area contributed by atoms with Gasteiger partial charge in [0.15, 0.2) is 0 Å². The minimum Gasteiger partial charge on any atom is -0.381 e. The van der Waals surface area contributed by atoms with Crippen molar-refractivity contribution in [3.8, 4) is 0 Å². The van der Waals surface area contributed by atoms with E-state index in [1.54, 1.807) is 0 Å². The molecule has 0 spiro atoms. The Hall–Kier alpha value is -0.740. The highest BCUT2D eigenvalue weighted by atomic mass is 79.9. The fourth-order valence-corrected chi connectivity index (χ4v) is 3.35. The predicted molar refractivity (Wildman–Crippen MR) is 91.5 cm³/mol. The van der Waals surface area contributed by atoms with Gasteiger partial charge in [-0.1, -0.05) is 47.5 Å². The standard InChI is InChI=1S/C16H14BrCl2NO/c17-12-5-6-13(16(19)15(12)18)20-9-14-11-4-2-1-3-10(11)7-8-21-14/h1-6,14,20H,7-9H2. The van der Waals surface area contributed by atoms with Gasteiger partial charge in [-0.05, 0) is 45.6 Å².